The second kappa shape index (κ2) is 12.5. The Hall–Kier alpha value is -2.57. The minimum absolute atomic E-state index is 0.202. The third-order valence-electron chi connectivity index (χ3n) is 7.96. The van der Waals surface area contributed by atoms with Crippen molar-refractivity contribution in [2.24, 2.45) is 5.92 Å². The Morgan fingerprint density at radius 2 is 1.73 bits per heavy atom. The first kappa shape index (κ1) is 30.4. The first-order valence-corrected chi connectivity index (χ1v) is 15.8. The summed E-state index contributed by atoms with van der Waals surface area (Å²) in [6.45, 7) is 13.2. The lowest BCUT2D eigenvalue weighted by atomic mass is 9.91. The van der Waals surface area contributed by atoms with E-state index >= 15 is 0 Å². The molecular weight excluding hydrogens is 526 g/mol. The molecule has 40 heavy (non-hydrogen) atoms. The summed E-state index contributed by atoms with van der Waals surface area (Å²) in [6.07, 6.45) is 3.25. The molecule has 0 aliphatic heterocycles. The lowest BCUT2D eigenvalue weighted by Gasteiger charge is -2.31. The molecule has 0 amide bonds. The Morgan fingerprint density at radius 1 is 1.02 bits per heavy atom. The largest absolute Gasteiger partial charge is 0.489 e. The third kappa shape index (κ3) is 7.38. The van der Waals surface area contributed by atoms with E-state index in [9.17, 15) is 18.7 Å². The average Bonchev–Trinajstić information content (AvgIpc) is 3.72. The summed E-state index contributed by atoms with van der Waals surface area (Å²) in [5, 5.41) is 0. The number of hydrogen-bond acceptors (Lipinski definition) is 4. The summed E-state index contributed by atoms with van der Waals surface area (Å²) in [5.41, 5.74) is 4.29. The van der Waals surface area contributed by atoms with Crippen molar-refractivity contribution in [1.82, 2.24) is 9.88 Å². The molecule has 2 atom stereocenters. The standard InChI is InChI=1S/C32H42FN2O4P/c1-20(2)35(21(3)4)18-27-15-24(10-13-29(27)30-14-22(5)34-17-31(30)33)19-39-28-9-7-8-26(16-28)32(25-11-12-25)23(6)40(36,37)38/h7-10,13-17,20-21,23,25,32H,11-12,18-19H2,1-6H3,(H2,36,37,38). The van der Waals surface area contributed by atoms with Crippen molar-refractivity contribution in [2.75, 3.05) is 0 Å². The van der Waals surface area contributed by atoms with Crippen LogP contribution in [0.5, 0.6) is 5.75 Å². The molecule has 4 rings (SSSR count). The number of rotatable bonds is 12. The number of benzene rings is 2. The van der Waals surface area contributed by atoms with Gasteiger partial charge in [-0.2, -0.15) is 0 Å². The fraction of sp³-hybridized carbons (Fsp3) is 0.469. The van der Waals surface area contributed by atoms with Crippen LogP contribution in [-0.2, 0) is 17.7 Å². The second-order valence-corrected chi connectivity index (χ2v) is 13.7. The van der Waals surface area contributed by atoms with Gasteiger partial charge in [-0.25, -0.2) is 4.39 Å². The Labute approximate surface area is 237 Å². The van der Waals surface area contributed by atoms with Gasteiger partial charge in [0.25, 0.3) is 0 Å². The number of pyridine rings is 1. The van der Waals surface area contributed by atoms with E-state index < -0.39 is 13.3 Å². The first-order valence-electron chi connectivity index (χ1n) is 14.1. The van der Waals surface area contributed by atoms with E-state index in [1.165, 1.54) is 6.20 Å². The summed E-state index contributed by atoms with van der Waals surface area (Å²) in [5.74, 6) is 0.402. The SMILES string of the molecule is Cc1cc(-c2ccc(COc3cccc(C(C4CC4)C(C)P(=O)(O)O)c3)cc2CN(C(C)C)C(C)C)c(F)cn1. The van der Waals surface area contributed by atoms with Gasteiger partial charge in [0.1, 0.15) is 18.2 Å². The number of nitrogens with zero attached hydrogens (tertiary/aromatic N) is 2. The molecule has 0 radical (unpaired) electrons. The van der Waals surface area contributed by atoms with Crippen molar-refractivity contribution in [3.05, 3.63) is 82.9 Å². The van der Waals surface area contributed by atoms with Gasteiger partial charge in [0.15, 0.2) is 0 Å². The van der Waals surface area contributed by atoms with Gasteiger partial charge in [0, 0.05) is 35.8 Å². The summed E-state index contributed by atoms with van der Waals surface area (Å²) < 4.78 is 33.2. The van der Waals surface area contributed by atoms with Crippen LogP contribution >= 0.6 is 7.60 Å². The van der Waals surface area contributed by atoms with Crippen LogP contribution in [0, 0.1) is 18.7 Å². The molecule has 2 unspecified atom stereocenters. The van der Waals surface area contributed by atoms with Crippen molar-refractivity contribution in [3.63, 3.8) is 0 Å². The number of hydrogen-bond donors (Lipinski definition) is 2. The van der Waals surface area contributed by atoms with Gasteiger partial charge < -0.3 is 14.5 Å². The molecule has 1 aromatic heterocycles. The molecule has 0 spiro atoms. The van der Waals surface area contributed by atoms with Crippen molar-refractivity contribution < 1.29 is 23.5 Å². The zero-order valence-corrected chi connectivity index (χ0v) is 25.2. The molecule has 216 valence electrons. The highest BCUT2D eigenvalue weighted by Crippen LogP contribution is 2.55. The molecule has 1 aliphatic carbocycles. The lowest BCUT2D eigenvalue weighted by molar-refractivity contribution is 0.166. The van der Waals surface area contributed by atoms with Gasteiger partial charge in [0.05, 0.1) is 11.9 Å². The summed E-state index contributed by atoms with van der Waals surface area (Å²) in [4.78, 5) is 26.2. The molecule has 8 heteroatoms. The van der Waals surface area contributed by atoms with Gasteiger partial charge in [-0.15, -0.1) is 0 Å². The van der Waals surface area contributed by atoms with Crippen LogP contribution in [-0.4, -0.2) is 37.4 Å². The summed E-state index contributed by atoms with van der Waals surface area (Å²) in [7, 11) is -4.21. The zero-order valence-electron chi connectivity index (χ0n) is 24.3. The maximum absolute atomic E-state index is 14.9. The van der Waals surface area contributed by atoms with E-state index in [1.807, 2.05) is 43.3 Å². The average molecular weight is 569 g/mol. The van der Waals surface area contributed by atoms with Crippen molar-refractivity contribution >= 4 is 7.60 Å². The monoisotopic (exact) mass is 568 g/mol. The topological polar surface area (TPSA) is 82.9 Å². The zero-order chi connectivity index (χ0) is 29.2. The molecule has 1 fully saturated rings. The van der Waals surface area contributed by atoms with Gasteiger partial charge >= 0.3 is 7.60 Å². The summed E-state index contributed by atoms with van der Waals surface area (Å²) >= 11 is 0. The summed E-state index contributed by atoms with van der Waals surface area (Å²) in [6, 6.07) is 16.1. The Kier molecular flexibility index (Phi) is 9.51. The van der Waals surface area contributed by atoms with Crippen molar-refractivity contribution in [3.8, 4) is 16.9 Å². The Balaban J connectivity index is 1.61. The predicted octanol–water partition coefficient (Wildman–Crippen LogP) is 7.45. The normalized spacial score (nSPS) is 15.6. The minimum atomic E-state index is -4.21. The van der Waals surface area contributed by atoms with Crippen LogP contribution in [0.15, 0.2) is 54.7 Å². The van der Waals surface area contributed by atoms with Gasteiger partial charge in [-0.1, -0.05) is 37.3 Å². The van der Waals surface area contributed by atoms with E-state index in [4.69, 9.17) is 4.74 Å². The molecule has 1 saturated carbocycles. The van der Waals surface area contributed by atoms with Crippen LogP contribution < -0.4 is 4.74 Å². The molecule has 0 bridgehead atoms. The molecule has 1 heterocycles. The molecular formula is C32H42FN2O4P. The van der Waals surface area contributed by atoms with E-state index in [2.05, 4.69) is 43.6 Å². The Bertz CT molecular complexity index is 1360. The molecule has 3 aromatic rings. The molecule has 6 nitrogen and oxygen atoms in total. The van der Waals surface area contributed by atoms with E-state index in [1.54, 1.807) is 13.0 Å². The first-order chi connectivity index (χ1) is 18.8. The number of ether oxygens (including phenoxy) is 1. The highest BCUT2D eigenvalue weighted by Gasteiger charge is 2.42. The lowest BCUT2D eigenvalue weighted by Crippen LogP contribution is -2.36. The molecule has 2 N–H and O–H groups in total. The second-order valence-electron chi connectivity index (χ2n) is 11.7. The quantitative estimate of drug-likeness (QED) is 0.221. The van der Waals surface area contributed by atoms with Crippen LogP contribution in [0.2, 0.25) is 0 Å². The molecule has 2 aromatic carbocycles. The van der Waals surface area contributed by atoms with E-state index in [0.29, 0.717) is 36.5 Å². The number of aromatic nitrogens is 1. The maximum atomic E-state index is 14.9. The fourth-order valence-electron chi connectivity index (χ4n) is 5.63. The van der Waals surface area contributed by atoms with Crippen molar-refractivity contribution in [1.29, 1.82) is 0 Å². The highest BCUT2D eigenvalue weighted by atomic mass is 31.2. The maximum Gasteiger partial charge on any atom is 0.328 e. The van der Waals surface area contributed by atoms with E-state index in [0.717, 1.165) is 40.8 Å². The van der Waals surface area contributed by atoms with Crippen LogP contribution in [0.1, 0.15) is 75.8 Å². The van der Waals surface area contributed by atoms with Gasteiger partial charge in [-0.05, 0) is 93.8 Å². The predicted molar refractivity (Wildman–Crippen MR) is 158 cm³/mol. The van der Waals surface area contributed by atoms with Crippen LogP contribution in [0.25, 0.3) is 11.1 Å². The molecule has 0 saturated heterocycles. The fourth-order valence-corrected chi connectivity index (χ4v) is 6.46. The number of aryl methyl sites for hydroxylation is 1. The van der Waals surface area contributed by atoms with Crippen molar-refractivity contribution in [2.45, 2.75) is 91.2 Å². The van der Waals surface area contributed by atoms with Gasteiger partial charge in [0.2, 0.25) is 0 Å². The van der Waals surface area contributed by atoms with Crippen LogP contribution in [0.4, 0.5) is 4.39 Å². The minimum Gasteiger partial charge on any atom is -0.489 e. The van der Waals surface area contributed by atoms with E-state index in [-0.39, 0.29) is 17.7 Å². The number of halogens is 1. The smallest absolute Gasteiger partial charge is 0.328 e. The third-order valence-corrected chi connectivity index (χ3v) is 9.34. The molecule has 1 aliphatic rings. The highest BCUT2D eigenvalue weighted by molar-refractivity contribution is 7.52. The Morgan fingerprint density at radius 3 is 2.35 bits per heavy atom. The van der Waals surface area contributed by atoms with Gasteiger partial charge in [-0.3, -0.25) is 14.4 Å². The van der Waals surface area contributed by atoms with Crippen LogP contribution in [0.3, 0.4) is 0 Å².